The molecule has 5 heteroatoms. The quantitative estimate of drug-likeness (QED) is 0.933. The van der Waals surface area contributed by atoms with Crippen molar-refractivity contribution >= 4 is 5.91 Å². The van der Waals surface area contributed by atoms with Gasteiger partial charge in [-0.2, -0.15) is 0 Å². The van der Waals surface area contributed by atoms with E-state index in [2.05, 4.69) is 34.1 Å². The summed E-state index contributed by atoms with van der Waals surface area (Å²) in [7, 11) is 0. The van der Waals surface area contributed by atoms with Crippen LogP contribution in [0, 0.1) is 5.92 Å². The Kier molecular flexibility index (Phi) is 4.40. The molecule has 3 fully saturated rings. The number of rotatable bonds is 3. The van der Waals surface area contributed by atoms with Crippen LogP contribution >= 0.6 is 0 Å². The van der Waals surface area contributed by atoms with E-state index in [9.17, 15) is 9.59 Å². The number of nitrogens with one attached hydrogen (secondary N) is 1. The molecule has 1 N–H and O–H groups in total. The Labute approximate surface area is 147 Å². The topological polar surface area (TPSA) is 56.4 Å². The highest BCUT2D eigenvalue weighted by Crippen LogP contribution is 2.29. The van der Waals surface area contributed by atoms with Crippen molar-refractivity contribution in [2.75, 3.05) is 19.6 Å². The lowest BCUT2D eigenvalue weighted by atomic mass is 9.94. The van der Waals surface area contributed by atoms with Gasteiger partial charge >= 0.3 is 0 Å². The Morgan fingerprint density at radius 1 is 1.00 bits per heavy atom. The predicted molar refractivity (Wildman–Crippen MR) is 96.3 cm³/mol. The Bertz CT molecular complexity index is 802. The van der Waals surface area contributed by atoms with Gasteiger partial charge in [0, 0.05) is 38.3 Å². The van der Waals surface area contributed by atoms with Gasteiger partial charge < -0.3 is 9.88 Å². The zero-order valence-electron chi connectivity index (χ0n) is 14.2. The molecule has 0 aliphatic carbocycles. The van der Waals surface area contributed by atoms with Crippen molar-refractivity contribution in [3.63, 3.8) is 0 Å². The molecule has 3 aliphatic heterocycles. The first-order chi connectivity index (χ1) is 12.2. The predicted octanol–water partition coefficient (Wildman–Crippen LogP) is 2.11. The van der Waals surface area contributed by atoms with Crippen molar-refractivity contribution in [2.24, 2.45) is 5.92 Å². The molecule has 4 heterocycles. The van der Waals surface area contributed by atoms with Gasteiger partial charge in [0.25, 0.3) is 5.91 Å². The smallest absolute Gasteiger partial charge is 0.270 e. The number of H-pyrrole nitrogens is 1. The molecule has 1 aromatic heterocycles. The molecule has 0 radical (unpaired) electrons. The largest absolute Gasteiger partial charge is 0.333 e. The number of pyridine rings is 1. The van der Waals surface area contributed by atoms with Crippen LogP contribution in [0.4, 0.5) is 0 Å². The molecule has 0 spiro atoms. The van der Waals surface area contributed by atoms with Crippen LogP contribution in [-0.4, -0.2) is 46.4 Å². The summed E-state index contributed by atoms with van der Waals surface area (Å²) in [6.07, 6.45) is 2.21. The molecule has 2 bridgehead atoms. The van der Waals surface area contributed by atoms with Crippen molar-refractivity contribution in [1.29, 1.82) is 0 Å². The minimum Gasteiger partial charge on any atom is -0.333 e. The first kappa shape index (κ1) is 16.1. The second-order valence-corrected chi connectivity index (χ2v) is 7.16. The van der Waals surface area contributed by atoms with E-state index in [4.69, 9.17) is 0 Å². The fourth-order valence-corrected chi connectivity index (χ4v) is 4.13. The third kappa shape index (κ3) is 3.51. The van der Waals surface area contributed by atoms with E-state index in [1.807, 2.05) is 11.0 Å². The Morgan fingerprint density at radius 3 is 2.64 bits per heavy atom. The van der Waals surface area contributed by atoms with E-state index in [1.165, 1.54) is 18.1 Å². The highest BCUT2D eigenvalue weighted by atomic mass is 16.2. The normalized spacial score (nSPS) is 23.4. The fraction of sp³-hybridized carbons (Fsp3) is 0.400. The summed E-state index contributed by atoms with van der Waals surface area (Å²) in [6.45, 7) is 3.64. The summed E-state index contributed by atoms with van der Waals surface area (Å²) in [5, 5.41) is 0. The molecule has 5 rings (SSSR count). The molecule has 1 aromatic carbocycles. The van der Waals surface area contributed by atoms with Gasteiger partial charge in [-0.3, -0.25) is 14.5 Å². The zero-order chi connectivity index (χ0) is 17.2. The van der Waals surface area contributed by atoms with Gasteiger partial charge in [0.2, 0.25) is 5.56 Å². The molecular weight excluding hydrogens is 314 g/mol. The van der Waals surface area contributed by atoms with Crippen LogP contribution in [0.1, 0.15) is 28.9 Å². The van der Waals surface area contributed by atoms with Gasteiger partial charge in [0.15, 0.2) is 0 Å². The Hall–Kier alpha value is -2.40. The van der Waals surface area contributed by atoms with Crippen LogP contribution < -0.4 is 5.56 Å². The number of nitrogens with zero attached hydrogens (tertiary/aromatic N) is 2. The number of amides is 1. The van der Waals surface area contributed by atoms with E-state index in [0.717, 1.165) is 32.6 Å². The molecule has 0 saturated carbocycles. The SMILES string of the molecule is O=C(c1cccc(=O)[nH]1)N1C[C@H]2CC[C@@H]1CN(Cc1ccccc1)C2. The van der Waals surface area contributed by atoms with Crippen LogP contribution in [0.25, 0.3) is 0 Å². The van der Waals surface area contributed by atoms with Gasteiger partial charge in [-0.1, -0.05) is 36.4 Å². The van der Waals surface area contributed by atoms with Crippen LogP contribution in [0.5, 0.6) is 0 Å². The summed E-state index contributed by atoms with van der Waals surface area (Å²) in [4.78, 5) is 31.5. The van der Waals surface area contributed by atoms with E-state index in [-0.39, 0.29) is 17.5 Å². The van der Waals surface area contributed by atoms with Crippen LogP contribution in [0.2, 0.25) is 0 Å². The van der Waals surface area contributed by atoms with Crippen molar-refractivity contribution in [3.05, 3.63) is 70.1 Å². The lowest BCUT2D eigenvalue weighted by Crippen LogP contribution is -2.47. The second kappa shape index (κ2) is 6.84. The summed E-state index contributed by atoms with van der Waals surface area (Å²) < 4.78 is 0. The first-order valence-corrected chi connectivity index (χ1v) is 8.95. The molecule has 3 saturated heterocycles. The third-order valence-electron chi connectivity index (χ3n) is 5.30. The van der Waals surface area contributed by atoms with Crippen molar-refractivity contribution in [2.45, 2.75) is 25.4 Å². The van der Waals surface area contributed by atoms with E-state index < -0.39 is 0 Å². The van der Waals surface area contributed by atoms with Crippen LogP contribution in [-0.2, 0) is 6.54 Å². The van der Waals surface area contributed by atoms with E-state index >= 15 is 0 Å². The average Bonchev–Trinajstić information content (AvgIpc) is 2.92. The highest BCUT2D eigenvalue weighted by molar-refractivity contribution is 5.92. The molecule has 0 unspecified atom stereocenters. The third-order valence-corrected chi connectivity index (χ3v) is 5.30. The molecule has 5 nitrogen and oxygen atoms in total. The standard InChI is InChI=1S/C20H23N3O2/c24-19-8-4-7-18(21-19)20(25)23-13-16-9-10-17(23)14-22(12-16)11-15-5-2-1-3-6-15/h1-8,16-17H,9-14H2,(H,21,24)/t16-,17+/m0/s1. The lowest BCUT2D eigenvalue weighted by molar-refractivity contribution is 0.0578. The minimum absolute atomic E-state index is 0.0473. The van der Waals surface area contributed by atoms with E-state index in [1.54, 1.807) is 12.1 Å². The average molecular weight is 337 g/mol. The zero-order valence-corrected chi connectivity index (χ0v) is 14.2. The monoisotopic (exact) mass is 337 g/mol. The van der Waals surface area contributed by atoms with Crippen LogP contribution in [0.15, 0.2) is 53.3 Å². The maximum absolute atomic E-state index is 12.9. The Balaban J connectivity index is 1.51. The molecule has 2 atom stereocenters. The maximum Gasteiger partial charge on any atom is 0.270 e. The highest BCUT2D eigenvalue weighted by Gasteiger charge is 2.37. The molecule has 25 heavy (non-hydrogen) atoms. The molecule has 2 aromatic rings. The minimum atomic E-state index is -0.225. The number of aromatic amines is 1. The summed E-state index contributed by atoms with van der Waals surface area (Å²) in [5.74, 6) is 0.454. The number of carbonyl (C=O) groups is 1. The molecule has 130 valence electrons. The number of benzene rings is 1. The Morgan fingerprint density at radius 2 is 1.84 bits per heavy atom. The lowest BCUT2D eigenvalue weighted by Gasteiger charge is -2.36. The van der Waals surface area contributed by atoms with Gasteiger partial charge in [-0.25, -0.2) is 0 Å². The second-order valence-electron chi connectivity index (χ2n) is 7.16. The van der Waals surface area contributed by atoms with Gasteiger partial charge in [0.05, 0.1) is 0 Å². The summed E-state index contributed by atoms with van der Waals surface area (Å²) in [6, 6.07) is 15.5. The summed E-state index contributed by atoms with van der Waals surface area (Å²) in [5.41, 5.74) is 1.49. The van der Waals surface area contributed by atoms with Gasteiger partial charge in [-0.15, -0.1) is 0 Å². The summed E-state index contributed by atoms with van der Waals surface area (Å²) >= 11 is 0. The first-order valence-electron chi connectivity index (χ1n) is 8.95. The molecular formula is C20H23N3O2. The van der Waals surface area contributed by atoms with Crippen molar-refractivity contribution in [1.82, 2.24) is 14.8 Å². The molecule has 3 aliphatic rings. The number of carbonyl (C=O) groups excluding carboxylic acids is 1. The number of hydrogen-bond acceptors (Lipinski definition) is 3. The van der Waals surface area contributed by atoms with Crippen molar-refractivity contribution < 1.29 is 4.79 Å². The van der Waals surface area contributed by atoms with Crippen LogP contribution in [0.3, 0.4) is 0 Å². The number of piperidine rings is 1. The van der Waals surface area contributed by atoms with Gasteiger partial charge in [-0.05, 0) is 30.4 Å². The van der Waals surface area contributed by atoms with Gasteiger partial charge in [0.1, 0.15) is 5.69 Å². The van der Waals surface area contributed by atoms with E-state index in [0.29, 0.717) is 11.6 Å². The number of fused-ring (bicyclic) bond motifs is 4. The maximum atomic E-state index is 12.9. The van der Waals surface area contributed by atoms with Crippen molar-refractivity contribution in [3.8, 4) is 0 Å². The number of hydrogen-bond donors (Lipinski definition) is 1. The molecule has 1 amide bonds. The number of aromatic nitrogens is 1. The fourth-order valence-electron chi connectivity index (χ4n) is 4.13.